The highest BCUT2D eigenvalue weighted by Gasteiger charge is 2.42. The average Bonchev–Trinajstić information content (AvgIpc) is 3.33. The number of hydrogen-bond donors (Lipinski definition) is 0. The first kappa shape index (κ1) is 17.1. The van der Waals surface area contributed by atoms with Crippen LogP contribution in [-0.2, 0) is 6.42 Å². The molecule has 0 aliphatic carbocycles. The Labute approximate surface area is 177 Å². The molecular weight excluding hydrogens is 364 g/mol. The predicted molar refractivity (Wildman–Crippen MR) is 127 cm³/mol. The first-order valence-electron chi connectivity index (χ1n) is 10.4. The lowest BCUT2D eigenvalue weighted by molar-refractivity contribution is 0.729. The predicted octanol–water partition coefficient (Wildman–Crippen LogP) is 7.17. The molecule has 1 atom stereocenters. The fraction of sp³-hybridized carbons (Fsp3) is 0.0714. The van der Waals surface area contributed by atoms with Gasteiger partial charge < -0.3 is 9.80 Å². The molecular formula is C28H22N2. The Morgan fingerprint density at radius 2 is 1.40 bits per heavy atom. The molecule has 0 saturated heterocycles. The van der Waals surface area contributed by atoms with Gasteiger partial charge in [0.2, 0.25) is 0 Å². The van der Waals surface area contributed by atoms with E-state index in [4.69, 9.17) is 0 Å². The summed E-state index contributed by atoms with van der Waals surface area (Å²) in [6.07, 6.45) is 3.20. The van der Waals surface area contributed by atoms with Crippen molar-refractivity contribution in [1.29, 1.82) is 0 Å². The Morgan fingerprint density at radius 1 is 0.700 bits per heavy atom. The van der Waals surface area contributed by atoms with E-state index in [0.29, 0.717) is 0 Å². The molecule has 0 spiro atoms. The summed E-state index contributed by atoms with van der Waals surface area (Å²) in [6, 6.07) is 34.8. The third kappa shape index (κ3) is 2.44. The largest absolute Gasteiger partial charge is 0.318 e. The minimum Gasteiger partial charge on any atom is -0.318 e. The van der Waals surface area contributed by atoms with Gasteiger partial charge in [-0.3, -0.25) is 0 Å². The van der Waals surface area contributed by atoms with Crippen LogP contribution in [0.3, 0.4) is 0 Å². The molecule has 1 unspecified atom stereocenters. The van der Waals surface area contributed by atoms with Crippen molar-refractivity contribution in [3.63, 3.8) is 0 Å². The Bertz CT molecular complexity index is 1260. The smallest absolute Gasteiger partial charge is 0.115 e. The Morgan fingerprint density at radius 3 is 2.20 bits per heavy atom. The topological polar surface area (TPSA) is 6.48 Å². The van der Waals surface area contributed by atoms with Crippen LogP contribution in [0.1, 0.15) is 11.1 Å². The maximum absolute atomic E-state index is 3.99. The van der Waals surface area contributed by atoms with Gasteiger partial charge in [0.05, 0.1) is 11.4 Å². The third-order valence-corrected chi connectivity index (χ3v) is 6.26. The van der Waals surface area contributed by atoms with E-state index in [9.17, 15) is 0 Å². The molecule has 2 heteroatoms. The number of anilines is 4. The second-order valence-electron chi connectivity index (χ2n) is 7.88. The van der Waals surface area contributed by atoms with Crippen molar-refractivity contribution in [3.8, 4) is 11.1 Å². The van der Waals surface area contributed by atoms with Crippen LogP contribution in [-0.4, -0.2) is 6.17 Å². The average molecular weight is 386 g/mol. The number of nitrogens with zero attached hydrogens (tertiary/aromatic N) is 2. The van der Waals surface area contributed by atoms with Crippen LogP contribution in [0, 0.1) is 0 Å². The molecule has 2 heterocycles. The van der Waals surface area contributed by atoms with Crippen LogP contribution in [0.2, 0.25) is 0 Å². The highest BCUT2D eigenvalue weighted by atomic mass is 15.4. The minimum atomic E-state index is 0.268. The second kappa shape index (κ2) is 6.64. The van der Waals surface area contributed by atoms with Gasteiger partial charge in [0.25, 0.3) is 0 Å². The zero-order chi connectivity index (χ0) is 20.1. The first-order valence-corrected chi connectivity index (χ1v) is 10.4. The van der Waals surface area contributed by atoms with Gasteiger partial charge in [0.1, 0.15) is 6.17 Å². The van der Waals surface area contributed by atoms with Crippen LogP contribution in [0.4, 0.5) is 22.7 Å². The van der Waals surface area contributed by atoms with Crippen molar-refractivity contribution in [2.75, 3.05) is 9.80 Å². The molecule has 4 aromatic rings. The van der Waals surface area contributed by atoms with Gasteiger partial charge in [-0.25, -0.2) is 0 Å². The highest BCUT2D eigenvalue weighted by molar-refractivity contribution is 5.92. The van der Waals surface area contributed by atoms with Crippen molar-refractivity contribution < 1.29 is 0 Å². The Balaban J connectivity index is 1.48. The number of rotatable bonds is 3. The maximum Gasteiger partial charge on any atom is 0.115 e. The Kier molecular flexibility index (Phi) is 3.78. The zero-order valence-electron chi connectivity index (χ0n) is 16.7. The lowest BCUT2D eigenvalue weighted by atomic mass is 9.97. The third-order valence-electron chi connectivity index (χ3n) is 6.26. The van der Waals surface area contributed by atoms with E-state index < -0.39 is 0 Å². The van der Waals surface area contributed by atoms with Gasteiger partial charge in [-0.15, -0.1) is 0 Å². The van der Waals surface area contributed by atoms with E-state index in [0.717, 1.165) is 6.42 Å². The summed E-state index contributed by atoms with van der Waals surface area (Å²) in [5.41, 5.74) is 10.2. The van der Waals surface area contributed by atoms with Gasteiger partial charge in [0, 0.05) is 17.8 Å². The molecule has 2 nitrogen and oxygen atoms in total. The van der Waals surface area contributed by atoms with E-state index >= 15 is 0 Å². The molecule has 2 aliphatic heterocycles. The number of fused-ring (bicyclic) bond motifs is 5. The molecule has 6 rings (SSSR count). The second-order valence-corrected chi connectivity index (χ2v) is 7.88. The van der Waals surface area contributed by atoms with E-state index in [1.54, 1.807) is 0 Å². The summed E-state index contributed by atoms with van der Waals surface area (Å²) in [7, 11) is 0. The van der Waals surface area contributed by atoms with E-state index in [2.05, 4.69) is 113 Å². The van der Waals surface area contributed by atoms with E-state index in [1.165, 1.54) is 45.0 Å². The number of hydrogen-bond acceptors (Lipinski definition) is 2. The lowest BCUT2D eigenvalue weighted by Crippen LogP contribution is -2.35. The minimum absolute atomic E-state index is 0.268. The van der Waals surface area contributed by atoms with Crippen molar-refractivity contribution in [2.24, 2.45) is 0 Å². The van der Waals surface area contributed by atoms with Crippen molar-refractivity contribution >= 4 is 28.8 Å². The maximum atomic E-state index is 3.99. The zero-order valence-corrected chi connectivity index (χ0v) is 16.7. The van der Waals surface area contributed by atoms with Gasteiger partial charge >= 0.3 is 0 Å². The Hall–Kier alpha value is -3.78. The molecule has 30 heavy (non-hydrogen) atoms. The fourth-order valence-corrected chi connectivity index (χ4v) is 4.97. The SMILES string of the molecule is C=Cc1ccccc1-c1ccc2c(c1)CC1N(c3ccccc3)c3ccccc3N21. The summed E-state index contributed by atoms with van der Waals surface area (Å²) in [5.74, 6) is 0. The van der Waals surface area contributed by atoms with Crippen molar-refractivity contribution in [1.82, 2.24) is 0 Å². The summed E-state index contributed by atoms with van der Waals surface area (Å²) in [5, 5.41) is 0. The molecule has 0 amide bonds. The van der Waals surface area contributed by atoms with Crippen molar-refractivity contribution in [3.05, 3.63) is 115 Å². The molecule has 0 saturated carbocycles. The van der Waals surface area contributed by atoms with E-state index in [-0.39, 0.29) is 6.17 Å². The monoisotopic (exact) mass is 386 g/mol. The standard InChI is InChI=1S/C28H22N2/c1-2-20-10-6-7-13-24(20)21-16-17-25-22(18-21)19-28-29(23-11-4-3-5-12-23)26-14-8-9-15-27(26)30(25)28/h2-18,28H,1,19H2. The summed E-state index contributed by atoms with van der Waals surface area (Å²) in [6.45, 7) is 3.99. The molecule has 0 aromatic heterocycles. The van der Waals surface area contributed by atoms with Crippen LogP contribution in [0.5, 0.6) is 0 Å². The van der Waals surface area contributed by atoms with Crippen LogP contribution in [0.25, 0.3) is 17.2 Å². The fourth-order valence-electron chi connectivity index (χ4n) is 4.97. The molecule has 0 radical (unpaired) electrons. The lowest BCUT2D eigenvalue weighted by Gasteiger charge is -2.27. The van der Waals surface area contributed by atoms with Crippen molar-refractivity contribution in [2.45, 2.75) is 12.6 Å². The van der Waals surface area contributed by atoms with Crippen LogP contribution in [0.15, 0.2) is 104 Å². The first-order chi connectivity index (χ1) is 14.8. The van der Waals surface area contributed by atoms with Gasteiger partial charge in [-0.05, 0) is 58.7 Å². The molecule has 2 aliphatic rings. The summed E-state index contributed by atoms with van der Waals surface area (Å²) in [4.78, 5) is 4.98. The molecule has 144 valence electrons. The van der Waals surface area contributed by atoms with Gasteiger partial charge in [0.15, 0.2) is 0 Å². The van der Waals surface area contributed by atoms with Gasteiger partial charge in [-0.2, -0.15) is 0 Å². The molecule has 0 fully saturated rings. The van der Waals surface area contributed by atoms with Crippen LogP contribution < -0.4 is 9.80 Å². The quantitative estimate of drug-likeness (QED) is 0.368. The molecule has 0 N–H and O–H groups in total. The van der Waals surface area contributed by atoms with Crippen LogP contribution >= 0.6 is 0 Å². The number of benzene rings is 4. The molecule has 0 bridgehead atoms. The number of para-hydroxylation sites is 3. The van der Waals surface area contributed by atoms with Gasteiger partial charge in [-0.1, -0.05) is 73.3 Å². The summed E-state index contributed by atoms with van der Waals surface area (Å²) >= 11 is 0. The summed E-state index contributed by atoms with van der Waals surface area (Å²) < 4.78 is 0. The van der Waals surface area contributed by atoms with E-state index in [1.807, 2.05) is 6.08 Å². The highest BCUT2D eigenvalue weighted by Crippen LogP contribution is 2.53. The molecule has 4 aromatic carbocycles. The normalized spacial score (nSPS) is 16.2.